The maximum absolute atomic E-state index is 11.1. The summed E-state index contributed by atoms with van der Waals surface area (Å²) in [4.78, 5) is 11.1. The van der Waals surface area contributed by atoms with Crippen molar-refractivity contribution in [3.05, 3.63) is 0 Å². The number of ketones is 1. The molecule has 114 valence electrons. The van der Waals surface area contributed by atoms with Crippen molar-refractivity contribution in [3.8, 4) is 0 Å². The number of carbonyl (C=O) groups excluding carboxylic acids is 1. The van der Waals surface area contributed by atoms with Crippen LogP contribution < -0.4 is 0 Å². The fraction of sp³-hybridized carbons (Fsp3) is 0.917. The summed E-state index contributed by atoms with van der Waals surface area (Å²) in [6.45, 7) is 3.80. The minimum Gasteiger partial charge on any atom is -0.748 e. The Labute approximate surface area is 124 Å². The summed E-state index contributed by atoms with van der Waals surface area (Å²) >= 11 is 2.03. The predicted molar refractivity (Wildman–Crippen MR) is 84.1 cm³/mol. The molecule has 4 nitrogen and oxygen atoms in total. The molecule has 1 fully saturated rings. The van der Waals surface area contributed by atoms with E-state index in [0.717, 1.165) is 18.6 Å². The van der Waals surface area contributed by atoms with Crippen LogP contribution in [0.25, 0.3) is 0 Å². The molecular formula is C12H24O4S3. The molecule has 0 unspecified atom stereocenters. The zero-order chi connectivity index (χ0) is 14.7. The zero-order valence-corrected chi connectivity index (χ0v) is 14.2. The largest absolute Gasteiger partial charge is 0.748 e. The van der Waals surface area contributed by atoms with Gasteiger partial charge < -0.3 is 4.55 Å². The van der Waals surface area contributed by atoms with Crippen LogP contribution in [0.4, 0.5) is 0 Å². The van der Waals surface area contributed by atoms with Crippen molar-refractivity contribution in [3.63, 3.8) is 0 Å². The van der Waals surface area contributed by atoms with E-state index in [1.165, 1.54) is 23.0 Å². The zero-order valence-electron chi connectivity index (χ0n) is 11.7. The van der Waals surface area contributed by atoms with Gasteiger partial charge in [0.15, 0.2) is 11.5 Å². The molecule has 1 aliphatic heterocycles. The first-order chi connectivity index (χ1) is 8.89. The molecule has 1 aliphatic rings. The minimum atomic E-state index is -3.94. The number of thioether (sulfide) groups is 1. The minimum absolute atomic E-state index is 0.219. The van der Waals surface area contributed by atoms with Gasteiger partial charge in [0.25, 0.3) is 0 Å². The van der Waals surface area contributed by atoms with E-state index in [9.17, 15) is 17.8 Å². The van der Waals surface area contributed by atoms with E-state index >= 15 is 0 Å². The highest BCUT2D eigenvalue weighted by Gasteiger charge is 2.24. The first kappa shape index (κ1) is 19.3. The molecule has 19 heavy (non-hydrogen) atoms. The summed E-state index contributed by atoms with van der Waals surface area (Å²) in [6.07, 6.45) is 1.96. The quantitative estimate of drug-likeness (QED) is 0.547. The first-order valence-electron chi connectivity index (χ1n) is 6.56. The van der Waals surface area contributed by atoms with Gasteiger partial charge in [-0.3, -0.25) is 4.79 Å². The van der Waals surface area contributed by atoms with Gasteiger partial charge in [0.05, 0.1) is 10.1 Å². The monoisotopic (exact) mass is 328 g/mol. The Bertz CT molecular complexity index is 335. The highest BCUT2D eigenvalue weighted by Crippen LogP contribution is 2.13. The number of carbonyl (C=O) groups is 1. The molecular weight excluding hydrogens is 304 g/mol. The third-order valence-electron chi connectivity index (χ3n) is 2.54. The SMILES string of the molecule is CCC(=O)C[S+]1CCSCC1.CCCCS(=O)(=O)[O-]. The first-order valence-corrected chi connectivity index (χ1v) is 11.0. The highest BCUT2D eigenvalue weighted by atomic mass is 32.2. The van der Waals surface area contributed by atoms with E-state index in [0.29, 0.717) is 23.1 Å². The molecule has 1 rings (SSSR count). The lowest BCUT2D eigenvalue weighted by Gasteiger charge is -2.12. The normalized spacial score (nSPS) is 16.6. The molecule has 0 radical (unpaired) electrons. The van der Waals surface area contributed by atoms with Gasteiger partial charge in [-0.05, 0) is 17.3 Å². The molecule has 0 aliphatic carbocycles. The number of rotatable bonds is 6. The van der Waals surface area contributed by atoms with Crippen molar-refractivity contribution in [2.75, 3.05) is 34.5 Å². The van der Waals surface area contributed by atoms with Gasteiger partial charge in [0.2, 0.25) is 0 Å². The molecule has 0 bridgehead atoms. The van der Waals surface area contributed by atoms with Gasteiger partial charge in [-0.2, -0.15) is 11.8 Å². The second-order valence-electron chi connectivity index (χ2n) is 4.28. The van der Waals surface area contributed by atoms with Crippen molar-refractivity contribution in [1.82, 2.24) is 0 Å². The summed E-state index contributed by atoms with van der Waals surface area (Å²) in [5, 5.41) is 0. The molecule has 1 heterocycles. The third-order valence-corrected chi connectivity index (χ3v) is 7.12. The van der Waals surface area contributed by atoms with Crippen LogP contribution in [0.5, 0.6) is 0 Å². The molecule has 0 aromatic carbocycles. The van der Waals surface area contributed by atoms with Crippen molar-refractivity contribution in [2.45, 2.75) is 33.1 Å². The van der Waals surface area contributed by atoms with Crippen molar-refractivity contribution < 1.29 is 17.8 Å². The molecule has 0 spiro atoms. The van der Waals surface area contributed by atoms with Gasteiger partial charge in [-0.15, -0.1) is 0 Å². The van der Waals surface area contributed by atoms with Crippen LogP contribution in [0.2, 0.25) is 0 Å². The molecule has 7 heteroatoms. The second kappa shape index (κ2) is 11.0. The standard InChI is InChI=1S/C8H15OS2.C4H10O3S/c1-2-8(9)7-11-5-3-10-4-6-11;1-2-3-4-8(5,6)7/h2-7H2,1H3;2-4H2,1H3,(H,5,6,7)/q+1;/p-1. The Morgan fingerprint density at radius 1 is 1.26 bits per heavy atom. The van der Waals surface area contributed by atoms with Gasteiger partial charge in [0.1, 0.15) is 11.5 Å². The Morgan fingerprint density at radius 3 is 2.21 bits per heavy atom. The molecule has 0 saturated carbocycles. The lowest BCUT2D eigenvalue weighted by atomic mass is 10.4. The highest BCUT2D eigenvalue weighted by molar-refractivity contribution is 8.05. The topological polar surface area (TPSA) is 74.3 Å². The van der Waals surface area contributed by atoms with E-state index in [1.807, 2.05) is 25.6 Å². The van der Waals surface area contributed by atoms with Crippen molar-refractivity contribution in [1.29, 1.82) is 0 Å². The Kier molecular flexibility index (Phi) is 11.2. The fourth-order valence-corrected chi connectivity index (χ4v) is 6.18. The van der Waals surface area contributed by atoms with Crippen LogP contribution in [0.15, 0.2) is 0 Å². The number of hydrogen-bond donors (Lipinski definition) is 0. The Hall–Kier alpha value is 0.280. The number of unbranched alkanes of at least 4 members (excludes halogenated alkanes) is 1. The summed E-state index contributed by atoms with van der Waals surface area (Å²) in [7, 11) is -3.48. The lowest BCUT2D eigenvalue weighted by Crippen LogP contribution is -2.27. The Morgan fingerprint density at radius 2 is 1.84 bits per heavy atom. The van der Waals surface area contributed by atoms with E-state index in [2.05, 4.69) is 0 Å². The second-order valence-corrected chi connectivity index (χ2v) is 9.36. The van der Waals surface area contributed by atoms with Crippen LogP contribution in [0, 0.1) is 0 Å². The van der Waals surface area contributed by atoms with E-state index in [-0.39, 0.29) is 5.75 Å². The van der Waals surface area contributed by atoms with E-state index in [4.69, 9.17) is 0 Å². The average molecular weight is 329 g/mol. The molecule has 0 aromatic rings. The van der Waals surface area contributed by atoms with Crippen LogP contribution in [0.3, 0.4) is 0 Å². The van der Waals surface area contributed by atoms with Crippen LogP contribution in [-0.2, 0) is 25.8 Å². The lowest BCUT2D eigenvalue weighted by molar-refractivity contribution is -0.116. The smallest absolute Gasteiger partial charge is 0.181 e. The van der Waals surface area contributed by atoms with Gasteiger partial charge in [-0.1, -0.05) is 20.3 Å². The van der Waals surface area contributed by atoms with Crippen molar-refractivity contribution in [2.24, 2.45) is 0 Å². The van der Waals surface area contributed by atoms with Crippen LogP contribution in [0.1, 0.15) is 33.1 Å². The third kappa shape index (κ3) is 13.0. The summed E-state index contributed by atoms with van der Waals surface area (Å²) in [6, 6.07) is 0. The molecule has 1 saturated heterocycles. The summed E-state index contributed by atoms with van der Waals surface area (Å²) in [5.41, 5.74) is 0. The van der Waals surface area contributed by atoms with Crippen molar-refractivity contribution >= 4 is 38.6 Å². The number of Topliss-reactive ketones (excluding diaryl/α,β-unsaturated/α-hetero) is 1. The van der Waals surface area contributed by atoms with E-state index in [1.54, 1.807) is 0 Å². The Balaban J connectivity index is 0.000000362. The van der Waals surface area contributed by atoms with Crippen LogP contribution >= 0.6 is 11.8 Å². The van der Waals surface area contributed by atoms with Gasteiger partial charge >= 0.3 is 0 Å². The van der Waals surface area contributed by atoms with E-state index < -0.39 is 10.1 Å². The molecule has 0 amide bonds. The maximum atomic E-state index is 11.1. The number of hydrogen-bond acceptors (Lipinski definition) is 5. The summed E-state index contributed by atoms with van der Waals surface area (Å²) in [5.74, 6) is 6.24. The molecule has 0 aromatic heterocycles. The van der Waals surface area contributed by atoms with Gasteiger partial charge in [-0.25, -0.2) is 8.42 Å². The fourth-order valence-electron chi connectivity index (χ4n) is 1.35. The van der Waals surface area contributed by atoms with Gasteiger partial charge in [0, 0.05) is 23.7 Å². The average Bonchev–Trinajstić information content (AvgIpc) is 2.37. The molecule has 0 atom stereocenters. The summed E-state index contributed by atoms with van der Waals surface area (Å²) < 4.78 is 29.5. The van der Waals surface area contributed by atoms with Crippen LogP contribution in [-0.4, -0.2) is 53.3 Å². The maximum Gasteiger partial charge on any atom is 0.181 e. The molecule has 0 N–H and O–H groups in total. The predicted octanol–water partition coefficient (Wildman–Crippen LogP) is 1.66.